The van der Waals surface area contributed by atoms with Crippen LogP contribution in [0.1, 0.15) is 36.7 Å². The van der Waals surface area contributed by atoms with Gasteiger partial charge in [-0.2, -0.15) is 0 Å². The quantitative estimate of drug-likeness (QED) is 0.476. The van der Waals surface area contributed by atoms with Crippen molar-refractivity contribution in [3.8, 4) is 0 Å². The summed E-state index contributed by atoms with van der Waals surface area (Å²) in [4.78, 5) is 14.7. The number of nitro benzene ring substituents is 1. The predicted molar refractivity (Wildman–Crippen MR) is 84.6 cm³/mol. The number of nitrogens with zero attached hydrogens (tertiary/aromatic N) is 3. The molecule has 5 heteroatoms. The number of non-ortho nitro benzene ring substituents is 1. The van der Waals surface area contributed by atoms with Crippen molar-refractivity contribution < 1.29 is 4.92 Å². The van der Waals surface area contributed by atoms with Gasteiger partial charge in [-0.25, -0.2) is 0 Å². The molecule has 0 aliphatic carbocycles. The number of aromatic nitrogens is 1. The van der Waals surface area contributed by atoms with Crippen LogP contribution in [0.4, 0.5) is 11.4 Å². The average molecular weight is 285 g/mol. The zero-order valence-corrected chi connectivity index (χ0v) is 12.7. The summed E-state index contributed by atoms with van der Waals surface area (Å²) >= 11 is 0. The molecule has 0 unspecified atom stereocenters. The molecule has 2 rings (SSSR count). The highest BCUT2D eigenvalue weighted by atomic mass is 16.6. The number of benzene rings is 1. The fourth-order valence-corrected chi connectivity index (χ4v) is 2.28. The lowest BCUT2D eigenvalue weighted by atomic mass is 10.2. The Labute approximate surface area is 124 Å². The van der Waals surface area contributed by atoms with Crippen LogP contribution in [0.15, 0.2) is 35.5 Å². The topological polar surface area (TPSA) is 60.4 Å². The minimum atomic E-state index is -0.396. The van der Waals surface area contributed by atoms with Gasteiger partial charge in [-0.3, -0.25) is 15.1 Å². The standard InChI is InChI=1S/C16H19N3O2/c1-11(2)18-10-14(8-13(18)4)9-17-16-6-5-15(19(20)21)7-12(16)3/h5-11H,1-4H3. The van der Waals surface area contributed by atoms with Gasteiger partial charge in [-0.05, 0) is 45.4 Å². The monoisotopic (exact) mass is 285 g/mol. The lowest BCUT2D eigenvalue weighted by molar-refractivity contribution is -0.384. The van der Waals surface area contributed by atoms with Crippen molar-refractivity contribution in [3.63, 3.8) is 0 Å². The maximum absolute atomic E-state index is 10.7. The van der Waals surface area contributed by atoms with Gasteiger partial charge in [0.15, 0.2) is 0 Å². The van der Waals surface area contributed by atoms with Crippen LogP contribution in [0, 0.1) is 24.0 Å². The molecule has 21 heavy (non-hydrogen) atoms. The minimum absolute atomic E-state index is 0.0910. The van der Waals surface area contributed by atoms with E-state index in [-0.39, 0.29) is 5.69 Å². The van der Waals surface area contributed by atoms with Crippen molar-refractivity contribution in [3.05, 3.63) is 57.4 Å². The second-order valence-electron chi connectivity index (χ2n) is 5.40. The molecule has 0 atom stereocenters. The molecule has 0 aliphatic heterocycles. The summed E-state index contributed by atoms with van der Waals surface area (Å²) in [7, 11) is 0. The third-order valence-electron chi connectivity index (χ3n) is 3.37. The third-order valence-corrected chi connectivity index (χ3v) is 3.37. The van der Waals surface area contributed by atoms with Gasteiger partial charge in [0, 0.05) is 41.8 Å². The molecule has 0 aliphatic rings. The second-order valence-corrected chi connectivity index (χ2v) is 5.40. The van der Waals surface area contributed by atoms with Crippen LogP contribution in [0.3, 0.4) is 0 Å². The van der Waals surface area contributed by atoms with E-state index in [1.807, 2.05) is 6.92 Å². The Morgan fingerprint density at radius 3 is 2.52 bits per heavy atom. The lowest BCUT2D eigenvalue weighted by Gasteiger charge is -2.08. The largest absolute Gasteiger partial charge is 0.349 e. The van der Waals surface area contributed by atoms with Gasteiger partial charge in [-0.15, -0.1) is 0 Å². The molecule has 0 spiro atoms. The fourth-order valence-electron chi connectivity index (χ4n) is 2.28. The molecule has 1 aromatic carbocycles. The normalized spacial score (nSPS) is 11.5. The maximum Gasteiger partial charge on any atom is 0.269 e. The van der Waals surface area contributed by atoms with Crippen LogP contribution >= 0.6 is 0 Å². The van der Waals surface area contributed by atoms with Crippen molar-refractivity contribution in [2.24, 2.45) is 4.99 Å². The Bertz CT molecular complexity index is 700. The number of nitro groups is 1. The van der Waals surface area contributed by atoms with Gasteiger partial charge in [0.2, 0.25) is 0 Å². The second kappa shape index (κ2) is 5.91. The maximum atomic E-state index is 10.7. The number of aliphatic imine (C=N–C) groups is 1. The van der Waals surface area contributed by atoms with Crippen LogP contribution in [0.2, 0.25) is 0 Å². The van der Waals surface area contributed by atoms with E-state index in [0.29, 0.717) is 6.04 Å². The van der Waals surface area contributed by atoms with Crippen LogP contribution in [0.25, 0.3) is 0 Å². The van der Waals surface area contributed by atoms with Crippen molar-refractivity contribution in [2.45, 2.75) is 33.7 Å². The predicted octanol–water partition coefficient (Wildman–Crippen LogP) is 4.34. The summed E-state index contributed by atoms with van der Waals surface area (Å²) < 4.78 is 2.18. The first-order valence-corrected chi connectivity index (χ1v) is 6.86. The summed E-state index contributed by atoms with van der Waals surface area (Å²) in [6, 6.07) is 7.18. The highest BCUT2D eigenvalue weighted by molar-refractivity contribution is 5.82. The third kappa shape index (κ3) is 3.37. The number of hydrogen-bond donors (Lipinski definition) is 0. The molecule has 1 aromatic heterocycles. The van der Waals surface area contributed by atoms with Crippen molar-refractivity contribution in [1.29, 1.82) is 0 Å². The molecular formula is C16H19N3O2. The summed E-state index contributed by atoms with van der Waals surface area (Å²) in [5.74, 6) is 0. The Morgan fingerprint density at radius 2 is 2.00 bits per heavy atom. The summed E-state index contributed by atoms with van der Waals surface area (Å²) in [5, 5.41) is 10.7. The van der Waals surface area contributed by atoms with Gasteiger partial charge in [0.05, 0.1) is 10.6 Å². The molecule has 110 valence electrons. The Balaban J connectivity index is 2.25. The van der Waals surface area contributed by atoms with E-state index >= 15 is 0 Å². The fraction of sp³-hybridized carbons (Fsp3) is 0.312. The molecule has 0 amide bonds. The van der Waals surface area contributed by atoms with Gasteiger partial charge in [-0.1, -0.05) is 0 Å². The highest BCUT2D eigenvalue weighted by Gasteiger charge is 2.07. The van der Waals surface area contributed by atoms with Gasteiger partial charge < -0.3 is 4.57 Å². The molecule has 0 saturated carbocycles. The average Bonchev–Trinajstić information content (AvgIpc) is 2.78. The van der Waals surface area contributed by atoms with Gasteiger partial charge in [0.25, 0.3) is 5.69 Å². The zero-order valence-electron chi connectivity index (χ0n) is 12.7. The van der Waals surface area contributed by atoms with Crippen molar-refractivity contribution >= 4 is 17.6 Å². The van der Waals surface area contributed by atoms with Crippen LogP contribution in [-0.2, 0) is 0 Å². The van der Waals surface area contributed by atoms with Crippen molar-refractivity contribution in [1.82, 2.24) is 4.57 Å². The molecule has 0 radical (unpaired) electrons. The van der Waals surface area contributed by atoms with E-state index in [9.17, 15) is 10.1 Å². The summed E-state index contributed by atoms with van der Waals surface area (Å²) in [5.41, 5.74) is 3.84. The first-order chi connectivity index (χ1) is 9.88. The van der Waals surface area contributed by atoms with Gasteiger partial charge >= 0.3 is 0 Å². The van der Waals surface area contributed by atoms with E-state index in [1.165, 1.54) is 17.8 Å². The number of rotatable bonds is 4. The van der Waals surface area contributed by atoms with E-state index in [2.05, 4.69) is 42.6 Å². The van der Waals surface area contributed by atoms with Crippen LogP contribution < -0.4 is 0 Å². The molecule has 2 aromatic rings. The summed E-state index contributed by atoms with van der Waals surface area (Å²) in [6.45, 7) is 8.15. The first kappa shape index (κ1) is 15.0. The number of hydrogen-bond acceptors (Lipinski definition) is 3. The minimum Gasteiger partial charge on any atom is -0.349 e. The first-order valence-electron chi connectivity index (χ1n) is 6.86. The van der Waals surface area contributed by atoms with E-state index in [4.69, 9.17) is 0 Å². The lowest BCUT2D eigenvalue weighted by Crippen LogP contribution is -2.00. The molecule has 0 fully saturated rings. The molecule has 0 saturated heterocycles. The Hall–Kier alpha value is -2.43. The van der Waals surface area contributed by atoms with E-state index < -0.39 is 4.92 Å². The van der Waals surface area contributed by atoms with E-state index in [1.54, 1.807) is 12.3 Å². The zero-order chi connectivity index (χ0) is 15.6. The van der Waals surface area contributed by atoms with Crippen LogP contribution in [-0.4, -0.2) is 15.7 Å². The Morgan fingerprint density at radius 1 is 1.29 bits per heavy atom. The molecule has 1 heterocycles. The molecule has 5 nitrogen and oxygen atoms in total. The van der Waals surface area contributed by atoms with E-state index in [0.717, 1.165) is 16.8 Å². The Kier molecular flexibility index (Phi) is 4.21. The van der Waals surface area contributed by atoms with Crippen LogP contribution in [0.5, 0.6) is 0 Å². The number of aryl methyl sites for hydroxylation is 2. The van der Waals surface area contributed by atoms with Gasteiger partial charge in [0.1, 0.15) is 0 Å². The molecule has 0 N–H and O–H groups in total. The smallest absolute Gasteiger partial charge is 0.269 e. The molecule has 0 bridgehead atoms. The summed E-state index contributed by atoms with van der Waals surface area (Å²) in [6.07, 6.45) is 3.85. The van der Waals surface area contributed by atoms with Crippen molar-refractivity contribution in [2.75, 3.05) is 0 Å². The SMILES string of the molecule is Cc1cc([N+](=O)[O-])ccc1N=Cc1cc(C)n(C(C)C)c1. The molecular weight excluding hydrogens is 266 g/mol. The highest BCUT2D eigenvalue weighted by Crippen LogP contribution is 2.23.